The molecule has 6 rings (SSSR count). The Morgan fingerprint density at radius 1 is 0.958 bits per heavy atom. The number of rotatable bonds is 7. The normalized spacial score (nSPS) is 11.5. The third-order valence-corrected chi connectivity index (χ3v) is 9.53. The van der Waals surface area contributed by atoms with Gasteiger partial charge in [0.1, 0.15) is 17.8 Å². The van der Waals surface area contributed by atoms with Crippen molar-refractivity contribution in [2.75, 3.05) is 7.11 Å². The fourth-order valence-corrected chi connectivity index (χ4v) is 7.15. The number of aromatic nitrogens is 3. The zero-order chi connectivity index (χ0) is 34.3. The van der Waals surface area contributed by atoms with Crippen molar-refractivity contribution in [3.63, 3.8) is 0 Å². The largest absolute Gasteiger partial charge is 0.465 e. The molecule has 48 heavy (non-hydrogen) atoms. The van der Waals surface area contributed by atoms with Crippen LogP contribution in [0.1, 0.15) is 22.3 Å². The Hall–Kier alpha value is -5.58. The maximum atomic E-state index is 15.0. The van der Waals surface area contributed by atoms with Crippen LogP contribution in [0.3, 0.4) is 0 Å². The molecule has 2 heterocycles. The molecule has 14 heteroatoms. The number of carbonyl (C=O) groups excluding carboxylic acids is 1. The lowest BCUT2D eigenvalue weighted by molar-refractivity contribution is 0.0595. The molecule has 0 spiro atoms. The Kier molecular flexibility index (Phi) is 8.46. The van der Waals surface area contributed by atoms with Gasteiger partial charge < -0.3 is 9.58 Å². The number of carbonyl (C=O) groups is 1. The number of esters is 1. The van der Waals surface area contributed by atoms with Gasteiger partial charge in [0.25, 0.3) is 22.3 Å². The van der Waals surface area contributed by atoms with Gasteiger partial charge in [0.05, 0.1) is 40.7 Å². The van der Waals surface area contributed by atoms with E-state index in [0.717, 1.165) is 59.6 Å². The van der Waals surface area contributed by atoms with Crippen molar-refractivity contribution in [3.8, 4) is 33.6 Å². The summed E-state index contributed by atoms with van der Waals surface area (Å²) in [6.07, 6.45) is -0.285. The van der Waals surface area contributed by atoms with Crippen LogP contribution < -0.4 is 0 Å². The lowest BCUT2D eigenvalue weighted by Gasteiger charge is -2.16. The molecule has 2 aromatic heterocycles. The molecule has 0 amide bonds. The van der Waals surface area contributed by atoms with E-state index in [0.29, 0.717) is 5.56 Å². The molecule has 0 aliphatic heterocycles. The first-order valence-electron chi connectivity index (χ1n) is 13.8. The Labute approximate surface area is 275 Å². The van der Waals surface area contributed by atoms with Crippen LogP contribution in [0, 0.1) is 18.2 Å². The summed E-state index contributed by atoms with van der Waals surface area (Å²) in [7, 11) is -3.54. The molecule has 6 aromatic rings. The molecule has 0 N–H and O–H groups in total. The average Bonchev–Trinajstić information content (AvgIpc) is 3.43. The summed E-state index contributed by atoms with van der Waals surface area (Å²) >= 11 is 6.48. The first kappa shape index (κ1) is 32.4. The minimum absolute atomic E-state index is 0.0159. The minimum Gasteiger partial charge on any atom is -0.465 e. The standard InChI is InChI=1S/C34H19ClF4N4O4S/c1-40-33-30(41-12-13-42-33)29-25-15-21(36)8-11-28(25)43(48(45,46)22-9-6-18(7-10-22)32(38)39)31(29)20-5-3-4-19(14-20)23-17-27(37)24(16-26(23)35)34(44)47-2/h3-17,32H,2H3. The van der Waals surface area contributed by atoms with Crippen molar-refractivity contribution < 1.29 is 35.5 Å². The fourth-order valence-electron chi connectivity index (χ4n) is 5.33. The van der Waals surface area contributed by atoms with Gasteiger partial charge in [-0.05, 0) is 54.1 Å². The van der Waals surface area contributed by atoms with Crippen LogP contribution in [0.15, 0.2) is 96.2 Å². The minimum atomic E-state index is -4.63. The summed E-state index contributed by atoms with van der Waals surface area (Å²) in [4.78, 5) is 23.5. The van der Waals surface area contributed by atoms with Gasteiger partial charge in [-0.15, -0.1) is 4.98 Å². The second kappa shape index (κ2) is 12.6. The molecule has 0 saturated heterocycles. The number of alkyl halides is 2. The number of halogens is 5. The summed E-state index contributed by atoms with van der Waals surface area (Å²) in [5.74, 6) is -2.79. The summed E-state index contributed by atoms with van der Waals surface area (Å²) in [5, 5.41) is 0.0350. The van der Waals surface area contributed by atoms with E-state index >= 15 is 4.39 Å². The topological polar surface area (TPSA) is 95.5 Å². The van der Waals surface area contributed by atoms with Crippen molar-refractivity contribution >= 4 is 44.3 Å². The van der Waals surface area contributed by atoms with Crippen LogP contribution in [-0.2, 0) is 14.8 Å². The van der Waals surface area contributed by atoms with Crippen LogP contribution in [0.25, 0.3) is 49.4 Å². The van der Waals surface area contributed by atoms with E-state index < -0.39 is 45.2 Å². The van der Waals surface area contributed by atoms with Crippen molar-refractivity contribution in [2.24, 2.45) is 0 Å². The number of benzene rings is 4. The maximum absolute atomic E-state index is 15.0. The monoisotopic (exact) mass is 690 g/mol. The summed E-state index contributed by atoms with van der Waals surface area (Å²) in [6, 6.07) is 15.7. The molecule has 0 aliphatic carbocycles. The Morgan fingerprint density at radius 3 is 2.35 bits per heavy atom. The second-order valence-electron chi connectivity index (χ2n) is 10.2. The predicted molar refractivity (Wildman–Crippen MR) is 170 cm³/mol. The predicted octanol–water partition coefficient (Wildman–Crippen LogP) is 8.88. The molecule has 0 fully saturated rings. The lowest BCUT2D eigenvalue weighted by Crippen LogP contribution is -2.14. The van der Waals surface area contributed by atoms with E-state index in [9.17, 15) is 26.4 Å². The first-order valence-corrected chi connectivity index (χ1v) is 15.6. The molecule has 0 saturated carbocycles. The molecule has 0 bridgehead atoms. The van der Waals surface area contributed by atoms with Crippen LogP contribution >= 0.6 is 11.6 Å². The van der Waals surface area contributed by atoms with Gasteiger partial charge in [0, 0.05) is 32.7 Å². The fraction of sp³-hybridized carbons (Fsp3) is 0.0588. The molecule has 240 valence electrons. The van der Waals surface area contributed by atoms with Gasteiger partial charge in [0.15, 0.2) is 0 Å². The van der Waals surface area contributed by atoms with E-state index in [2.05, 4.69) is 19.5 Å². The summed E-state index contributed by atoms with van der Waals surface area (Å²) in [5.41, 5.74) is -0.293. The lowest BCUT2D eigenvalue weighted by atomic mass is 9.97. The van der Waals surface area contributed by atoms with E-state index in [1.807, 2.05) is 0 Å². The summed E-state index contributed by atoms with van der Waals surface area (Å²) < 4.78 is 91.0. The van der Waals surface area contributed by atoms with Gasteiger partial charge in [-0.25, -0.2) is 34.7 Å². The molecule has 4 aromatic carbocycles. The molecule has 0 unspecified atom stereocenters. The van der Waals surface area contributed by atoms with Gasteiger partial charge in [-0.1, -0.05) is 48.5 Å². The van der Waals surface area contributed by atoms with Crippen molar-refractivity contribution in [1.82, 2.24) is 13.9 Å². The van der Waals surface area contributed by atoms with Crippen molar-refractivity contribution in [1.29, 1.82) is 0 Å². The molecular weight excluding hydrogens is 672 g/mol. The van der Waals surface area contributed by atoms with Crippen LogP contribution in [0.5, 0.6) is 0 Å². The third-order valence-electron chi connectivity index (χ3n) is 7.49. The van der Waals surface area contributed by atoms with E-state index in [4.69, 9.17) is 18.2 Å². The highest BCUT2D eigenvalue weighted by atomic mass is 35.5. The number of hydrogen-bond donors (Lipinski definition) is 0. The number of fused-ring (bicyclic) bond motifs is 1. The molecule has 0 aliphatic rings. The van der Waals surface area contributed by atoms with Crippen molar-refractivity contribution in [3.05, 3.63) is 130 Å². The molecular formula is C34H19ClF4N4O4S. The van der Waals surface area contributed by atoms with Gasteiger partial charge in [0.2, 0.25) is 0 Å². The first-order chi connectivity index (χ1) is 23.0. The van der Waals surface area contributed by atoms with Crippen molar-refractivity contribution in [2.45, 2.75) is 11.3 Å². The van der Waals surface area contributed by atoms with E-state index in [-0.39, 0.29) is 54.7 Å². The van der Waals surface area contributed by atoms with E-state index in [1.54, 1.807) is 6.07 Å². The number of ether oxygens (including phenoxy) is 1. The van der Waals surface area contributed by atoms with Gasteiger partial charge in [-0.2, -0.15) is 0 Å². The molecule has 0 radical (unpaired) electrons. The number of nitrogens with zero attached hydrogens (tertiary/aromatic N) is 4. The Bertz CT molecular complexity index is 2410. The quantitative estimate of drug-likeness (QED) is 0.0944. The third kappa shape index (κ3) is 5.55. The second-order valence-corrected chi connectivity index (χ2v) is 12.4. The number of hydrogen-bond acceptors (Lipinski definition) is 6. The molecule has 8 nitrogen and oxygen atoms in total. The zero-order valence-corrected chi connectivity index (χ0v) is 26.0. The SMILES string of the molecule is [C-]#[N+]c1nccnc1-c1c(-c2cccc(-c3cc(F)c(C(=O)OC)cc3Cl)c2)n(S(=O)(=O)c2ccc(C(F)F)cc2)c2ccc(F)cc12. The Morgan fingerprint density at radius 2 is 1.67 bits per heavy atom. The highest BCUT2D eigenvalue weighted by Crippen LogP contribution is 2.45. The zero-order valence-electron chi connectivity index (χ0n) is 24.5. The Balaban J connectivity index is 1.71. The van der Waals surface area contributed by atoms with Crippen LogP contribution in [0.2, 0.25) is 5.02 Å². The van der Waals surface area contributed by atoms with E-state index in [1.165, 1.54) is 36.7 Å². The average molecular weight is 691 g/mol. The van der Waals surface area contributed by atoms with Crippen LogP contribution in [0.4, 0.5) is 23.4 Å². The smallest absolute Gasteiger partial charge is 0.340 e. The highest BCUT2D eigenvalue weighted by molar-refractivity contribution is 7.90. The van der Waals surface area contributed by atoms with Gasteiger partial charge in [-0.3, -0.25) is 4.98 Å². The summed E-state index contributed by atoms with van der Waals surface area (Å²) in [6.45, 7) is 7.71. The highest BCUT2D eigenvalue weighted by Gasteiger charge is 2.31. The van der Waals surface area contributed by atoms with Gasteiger partial charge >= 0.3 is 5.97 Å². The number of methoxy groups -OCH3 is 1. The molecule has 0 atom stereocenters. The van der Waals surface area contributed by atoms with Crippen LogP contribution in [-0.4, -0.2) is 35.4 Å². The maximum Gasteiger partial charge on any atom is 0.340 e.